The average molecular weight is 461 g/mol. The Labute approximate surface area is 186 Å². The van der Waals surface area contributed by atoms with Gasteiger partial charge in [-0.1, -0.05) is 12.1 Å². The molecule has 0 saturated heterocycles. The molecule has 1 saturated carbocycles. The highest BCUT2D eigenvalue weighted by atomic mass is 19.3. The molecule has 2 aliphatic rings. The number of carbonyl (C=O) groups is 2. The van der Waals surface area contributed by atoms with Gasteiger partial charge < -0.3 is 19.5 Å². The van der Waals surface area contributed by atoms with Crippen LogP contribution in [0.4, 0.5) is 13.2 Å². The zero-order valence-corrected chi connectivity index (χ0v) is 17.8. The predicted molar refractivity (Wildman–Crippen MR) is 111 cm³/mol. The SMILES string of the molecule is CN(C(=O)c1n[nH]c2c1CN(C(=O)c1cc3cccc(F)c3[nH]1)CC2)C1(COC(F)F)CC1. The Morgan fingerprint density at radius 1 is 1.33 bits per heavy atom. The molecule has 8 nitrogen and oxygen atoms in total. The number of ether oxygens (including phenoxy) is 1. The number of likely N-dealkylation sites (N-methyl/N-ethyl adjacent to an activating group) is 1. The summed E-state index contributed by atoms with van der Waals surface area (Å²) in [6.45, 7) is -2.60. The summed E-state index contributed by atoms with van der Waals surface area (Å²) in [6, 6.07) is 6.21. The van der Waals surface area contributed by atoms with Gasteiger partial charge in [-0.15, -0.1) is 0 Å². The highest BCUT2D eigenvalue weighted by molar-refractivity contribution is 5.99. The zero-order chi connectivity index (χ0) is 23.3. The predicted octanol–water partition coefficient (Wildman–Crippen LogP) is 3.07. The first kappa shape index (κ1) is 21.5. The second-order valence-corrected chi connectivity index (χ2v) is 8.55. The second kappa shape index (κ2) is 7.91. The van der Waals surface area contributed by atoms with Crippen LogP contribution in [0.1, 0.15) is 45.1 Å². The number of alkyl halides is 2. The van der Waals surface area contributed by atoms with Gasteiger partial charge in [0.1, 0.15) is 11.5 Å². The molecule has 1 fully saturated rings. The number of aromatic amines is 2. The number of nitrogens with one attached hydrogen (secondary N) is 2. The number of carbonyl (C=O) groups excluding carboxylic acids is 2. The summed E-state index contributed by atoms with van der Waals surface area (Å²) in [4.78, 5) is 32.1. The Kier molecular flexibility index (Phi) is 5.15. The number of halogens is 3. The maximum absolute atomic E-state index is 14.0. The maximum Gasteiger partial charge on any atom is 0.345 e. The summed E-state index contributed by atoms with van der Waals surface area (Å²) in [7, 11) is 1.55. The highest BCUT2D eigenvalue weighted by Crippen LogP contribution is 2.42. The third-order valence-electron chi connectivity index (χ3n) is 6.58. The van der Waals surface area contributed by atoms with Gasteiger partial charge in [0.2, 0.25) is 0 Å². The topological polar surface area (TPSA) is 94.3 Å². The Morgan fingerprint density at radius 2 is 2.12 bits per heavy atom. The Morgan fingerprint density at radius 3 is 2.82 bits per heavy atom. The molecule has 1 aliphatic carbocycles. The number of fused-ring (bicyclic) bond motifs is 2. The van der Waals surface area contributed by atoms with Gasteiger partial charge in [-0.05, 0) is 25.0 Å². The van der Waals surface area contributed by atoms with Gasteiger partial charge in [0.05, 0.1) is 24.2 Å². The van der Waals surface area contributed by atoms with Crippen LogP contribution in [0, 0.1) is 5.82 Å². The highest BCUT2D eigenvalue weighted by Gasteiger charge is 2.50. The molecule has 174 valence electrons. The number of nitrogens with zero attached hydrogens (tertiary/aromatic N) is 3. The van der Waals surface area contributed by atoms with Crippen molar-refractivity contribution in [3.8, 4) is 0 Å². The van der Waals surface area contributed by atoms with Crippen molar-refractivity contribution >= 4 is 22.7 Å². The van der Waals surface area contributed by atoms with E-state index in [9.17, 15) is 22.8 Å². The molecule has 2 aromatic heterocycles. The molecule has 11 heteroatoms. The van der Waals surface area contributed by atoms with Crippen molar-refractivity contribution in [2.45, 2.75) is 38.0 Å². The van der Waals surface area contributed by atoms with Crippen LogP contribution >= 0.6 is 0 Å². The smallest absolute Gasteiger partial charge is 0.345 e. The van der Waals surface area contributed by atoms with E-state index in [1.54, 1.807) is 30.1 Å². The lowest BCUT2D eigenvalue weighted by Gasteiger charge is -2.29. The van der Waals surface area contributed by atoms with Crippen LogP contribution in [0.25, 0.3) is 10.9 Å². The summed E-state index contributed by atoms with van der Waals surface area (Å²) < 4.78 is 43.5. The minimum absolute atomic E-state index is 0.151. The molecule has 0 radical (unpaired) electrons. The molecule has 0 atom stereocenters. The molecule has 1 aliphatic heterocycles. The first-order chi connectivity index (χ1) is 15.8. The van der Waals surface area contributed by atoms with E-state index in [-0.39, 0.29) is 36.0 Å². The van der Waals surface area contributed by atoms with E-state index < -0.39 is 23.9 Å². The molecule has 0 spiro atoms. The van der Waals surface area contributed by atoms with Gasteiger partial charge in [0, 0.05) is 36.7 Å². The maximum atomic E-state index is 14.0. The van der Waals surface area contributed by atoms with Crippen molar-refractivity contribution < 1.29 is 27.5 Å². The lowest BCUT2D eigenvalue weighted by Crippen LogP contribution is -2.43. The monoisotopic (exact) mass is 461 g/mol. The molecule has 0 unspecified atom stereocenters. The fraction of sp³-hybridized carbons (Fsp3) is 0.409. The van der Waals surface area contributed by atoms with Crippen molar-refractivity contribution in [1.29, 1.82) is 0 Å². The molecule has 33 heavy (non-hydrogen) atoms. The number of para-hydroxylation sites is 1. The van der Waals surface area contributed by atoms with E-state index in [2.05, 4.69) is 19.9 Å². The number of hydrogen-bond acceptors (Lipinski definition) is 4. The van der Waals surface area contributed by atoms with E-state index in [1.165, 1.54) is 11.0 Å². The van der Waals surface area contributed by atoms with Crippen LogP contribution in [0.15, 0.2) is 24.3 Å². The van der Waals surface area contributed by atoms with E-state index >= 15 is 0 Å². The fourth-order valence-electron chi connectivity index (χ4n) is 4.36. The first-order valence-corrected chi connectivity index (χ1v) is 10.6. The molecule has 2 amide bonds. The zero-order valence-electron chi connectivity index (χ0n) is 17.8. The minimum Gasteiger partial charge on any atom is -0.348 e. The molecule has 5 rings (SSSR count). The van der Waals surface area contributed by atoms with Crippen molar-refractivity contribution in [1.82, 2.24) is 25.0 Å². The normalized spacial score (nSPS) is 16.8. The summed E-state index contributed by atoms with van der Waals surface area (Å²) in [5.41, 5.74) is 1.27. The van der Waals surface area contributed by atoms with Gasteiger partial charge in [0.25, 0.3) is 11.8 Å². The molecule has 3 aromatic rings. The lowest BCUT2D eigenvalue weighted by atomic mass is 10.0. The van der Waals surface area contributed by atoms with Crippen LogP contribution in [0.5, 0.6) is 0 Å². The first-order valence-electron chi connectivity index (χ1n) is 10.6. The summed E-state index contributed by atoms with van der Waals surface area (Å²) in [6.07, 6.45) is 1.60. The number of rotatable bonds is 6. The van der Waals surface area contributed by atoms with Gasteiger partial charge in [-0.3, -0.25) is 14.7 Å². The van der Waals surface area contributed by atoms with Gasteiger partial charge in [-0.2, -0.15) is 13.9 Å². The molecule has 2 N–H and O–H groups in total. The summed E-state index contributed by atoms with van der Waals surface area (Å²) in [5, 5.41) is 7.63. The summed E-state index contributed by atoms with van der Waals surface area (Å²) >= 11 is 0. The average Bonchev–Trinajstić information content (AvgIpc) is 3.27. The van der Waals surface area contributed by atoms with Crippen molar-refractivity contribution in [2.24, 2.45) is 0 Å². The number of H-pyrrole nitrogens is 2. The van der Waals surface area contributed by atoms with E-state index in [0.717, 1.165) is 5.69 Å². The Balaban J connectivity index is 1.35. The molecule has 1 aromatic carbocycles. The van der Waals surface area contributed by atoms with Crippen molar-refractivity contribution in [3.05, 3.63) is 52.7 Å². The molecular formula is C22H22F3N5O3. The van der Waals surface area contributed by atoms with E-state index in [0.29, 0.717) is 36.8 Å². The largest absolute Gasteiger partial charge is 0.348 e. The van der Waals surface area contributed by atoms with Crippen LogP contribution in [-0.4, -0.2) is 69.1 Å². The number of aromatic nitrogens is 3. The van der Waals surface area contributed by atoms with Crippen LogP contribution in [-0.2, 0) is 17.7 Å². The van der Waals surface area contributed by atoms with Crippen LogP contribution < -0.4 is 0 Å². The minimum atomic E-state index is -2.90. The Hall–Kier alpha value is -3.34. The number of amides is 2. The Bertz CT molecular complexity index is 1230. The molecule has 3 heterocycles. The van der Waals surface area contributed by atoms with E-state index in [1.807, 2.05) is 0 Å². The fourth-order valence-corrected chi connectivity index (χ4v) is 4.36. The lowest BCUT2D eigenvalue weighted by molar-refractivity contribution is -0.141. The van der Waals surface area contributed by atoms with Gasteiger partial charge >= 0.3 is 6.61 Å². The van der Waals surface area contributed by atoms with E-state index in [4.69, 9.17) is 0 Å². The van der Waals surface area contributed by atoms with Crippen molar-refractivity contribution in [3.63, 3.8) is 0 Å². The molecule has 0 bridgehead atoms. The number of benzene rings is 1. The number of hydrogen-bond donors (Lipinski definition) is 2. The van der Waals surface area contributed by atoms with Crippen LogP contribution in [0.3, 0.4) is 0 Å². The quantitative estimate of drug-likeness (QED) is 0.590. The van der Waals surface area contributed by atoms with Gasteiger partial charge in [-0.25, -0.2) is 4.39 Å². The third kappa shape index (κ3) is 3.75. The standard InChI is InChI=1S/C22H22F3N5O3/c1-29(22(6-7-22)11-33-21(24)25)20(32)18-13-10-30(8-5-15(13)27-28-18)19(31)16-9-12-3-2-4-14(23)17(12)26-16/h2-4,9,21,26H,5-8,10-11H2,1H3,(H,27,28). The van der Waals surface area contributed by atoms with Gasteiger partial charge in [0.15, 0.2) is 5.69 Å². The summed E-state index contributed by atoms with van der Waals surface area (Å²) in [5.74, 6) is -1.17. The third-order valence-corrected chi connectivity index (χ3v) is 6.58. The van der Waals surface area contributed by atoms with Crippen molar-refractivity contribution in [2.75, 3.05) is 20.2 Å². The van der Waals surface area contributed by atoms with Crippen LogP contribution in [0.2, 0.25) is 0 Å². The second-order valence-electron chi connectivity index (χ2n) is 8.55. The molecular weight excluding hydrogens is 439 g/mol.